The van der Waals surface area contributed by atoms with Crippen LogP contribution in [0.3, 0.4) is 0 Å². The summed E-state index contributed by atoms with van der Waals surface area (Å²) in [5, 5.41) is 16.6. The number of aromatic amines is 1. The van der Waals surface area contributed by atoms with E-state index in [9.17, 15) is 0 Å². The first-order chi connectivity index (χ1) is 7.27. The van der Waals surface area contributed by atoms with Crippen molar-refractivity contribution in [2.75, 3.05) is 0 Å². The Morgan fingerprint density at radius 1 is 1.20 bits per heavy atom. The molecule has 0 unspecified atom stereocenters. The average molecular weight is 209 g/mol. The van der Waals surface area contributed by atoms with Crippen molar-refractivity contribution in [1.82, 2.24) is 15.2 Å². The Hall–Kier alpha value is -1.58. The summed E-state index contributed by atoms with van der Waals surface area (Å²) >= 11 is 0. The molecule has 4 nitrogen and oxygen atoms in total. The van der Waals surface area contributed by atoms with Crippen LogP contribution in [-0.4, -0.2) is 20.3 Å². The maximum atomic E-state index is 9.07. The van der Waals surface area contributed by atoms with E-state index in [-0.39, 0.29) is 5.75 Å². The molecule has 2 heterocycles. The van der Waals surface area contributed by atoms with Gasteiger partial charge >= 0.3 is 0 Å². The van der Waals surface area contributed by atoms with Crippen molar-refractivity contribution in [2.45, 2.75) is 34.6 Å². The highest BCUT2D eigenvalue weighted by Gasteiger charge is 2.01. The van der Waals surface area contributed by atoms with E-state index in [2.05, 4.69) is 15.2 Å². The lowest BCUT2D eigenvalue weighted by molar-refractivity contribution is 0.474. The zero-order valence-corrected chi connectivity index (χ0v) is 10.00. The van der Waals surface area contributed by atoms with Gasteiger partial charge in [-0.05, 0) is 13.0 Å². The first-order valence-corrected chi connectivity index (χ1v) is 5.27. The van der Waals surface area contributed by atoms with Gasteiger partial charge in [-0.1, -0.05) is 27.7 Å². The predicted molar refractivity (Wildman–Crippen MR) is 63.0 cm³/mol. The third kappa shape index (κ3) is 3.23. The monoisotopic (exact) mass is 209 g/mol. The van der Waals surface area contributed by atoms with Crippen LogP contribution in [0.2, 0.25) is 0 Å². The van der Waals surface area contributed by atoms with E-state index in [0.717, 1.165) is 11.1 Å². The highest BCUT2D eigenvalue weighted by Crippen LogP contribution is 2.17. The second-order valence-corrected chi connectivity index (χ2v) is 2.41. The molecule has 84 valence electrons. The van der Waals surface area contributed by atoms with E-state index in [0.29, 0.717) is 5.65 Å². The Labute approximate surface area is 90.4 Å². The largest absolute Gasteiger partial charge is 0.506 e. The lowest BCUT2D eigenvalue weighted by Gasteiger charge is -1.89. The molecule has 0 spiro atoms. The molecule has 4 heteroatoms. The summed E-state index contributed by atoms with van der Waals surface area (Å²) < 4.78 is 0. The molecule has 0 atom stereocenters. The summed E-state index contributed by atoms with van der Waals surface area (Å²) in [7, 11) is 0. The van der Waals surface area contributed by atoms with Crippen LogP contribution < -0.4 is 0 Å². The van der Waals surface area contributed by atoms with Gasteiger partial charge in [0.1, 0.15) is 5.75 Å². The average Bonchev–Trinajstić information content (AvgIpc) is 2.66. The van der Waals surface area contributed by atoms with Crippen molar-refractivity contribution in [3.63, 3.8) is 0 Å². The van der Waals surface area contributed by atoms with Crippen molar-refractivity contribution in [3.8, 4) is 5.75 Å². The fourth-order valence-corrected chi connectivity index (χ4v) is 1.01. The molecule has 2 rings (SSSR count). The van der Waals surface area contributed by atoms with Crippen LogP contribution in [0, 0.1) is 6.92 Å². The van der Waals surface area contributed by atoms with Crippen molar-refractivity contribution < 1.29 is 5.11 Å². The van der Waals surface area contributed by atoms with Crippen LogP contribution in [0.1, 0.15) is 33.4 Å². The predicted octanol–water partition coefficient (Wildman–Crippen LogP) is 3.02. The molecule has 0 aliphatic heterocycles. The molecule has 0 amide bonds. The van der Waals surface area contributed by atoms with Crippen LogP contribution in [0.25, 0.3) is 11.0 Å². The molecule has 2 aromatic heterocycles. The SMILES string of the molecule is CC.CC.Cc1[nH]nc2ncc(O)cc12. The minimum absolute atomic E-state index is 0.169. The highest BCUT2D eigenvalue weighted by molar-refractivity contribution is 5.78. The fraction of sp³-hybridized carbons (Fsp3) is 0.455. The number of H-pyrrole nitrogens is 1. The number of aryl methyl sites for hydroxylation is 1. The molecule has 0 radical (unpaired) electrons. The normalized spacial score (nSPS) is 8.60. The van der Waals surface area contributed by atoms with E-state index in [1.54, 1.807) is 6.07 Å². The first-order valence-electron chi connectivity index (χ1n) is 5.27. The van der Waals surface area contributed by atoms with E-state index in [1.807, 2.05) is 34.6 Å². The van der Waals surface area contributed by atoms with Gasteiger partial charge in [0.05, 0.1) is 6.20 Å². The number of aromatic nitrogens is 3. The van der Waals surface area contributed by atoms with Crippen LogP contribution in [0.15, 0.2) is 12.3 Å². The number of nitrogens with zero attached hydrogens (tertiary/aromatic N) is 2. The summed E-state index contributed by atoms with van der Waals surface area (Å²) in [4.78, 5) is 3.91. The lowest BCUT2D eigenvalue weighted by Crippen LogP contribution is -1.74. The summed E-state index contributed by atoms with van der Waals surface area (Å²) in [6.07, 6.45) is 1.38. The number of hydrogen-bond acceptors (Lipinski definition) is 3. The van der Waals surface area contributed by atoms with E-state index in [4.69, 9.17) is 5.11 Å². The van der Waals surface area contributed by atoms with E-state index >= 15 is 0 Å². The first kappa shape index (κ1) is 13.4. The summed E-state index contributed by atoms with van der Waals surface area (Å²) in [5.74, 6) is 0.169. The maximum Gasteiger partial charge on any atom is 0.181 e. The van der Waals surface area contributed by atoms with E-state index < -0.39 is 0 Å². The minimum atomic E-state index is 0.169. The van der Waals surface area contributed by atoms with Gasteiger partial charge in [-0.25, -0.2) is 4.98 Å². The van der Waals surface area contributed by atoms with Crippen LogP contribution in [-0.2, 0) is 0 Å². The smallest absolute Gasteiger partial charge is 0.181 e. The molecule has 0 aliphatic carbocycles. The van der Waals surface area contributed by atoms with Gasteiger partial charge in [0, 0.05) is 11.1 Å². The van der Waals surface area contributed by atoms with Crippen LogP contribution in [0.4, 0.5) is 0 Å². The molecule has 15 heavy (non-hydrogen) atoms. The third-order valence-corrected chi connectivity index (χ3v) is 1.59. The molecule has 0 aromatic carbocycles. The van der Waals surface area contributed by atoms with Crippen molar-refractivity contribution >= 4 is 11.0 Å². The van der Waals surface area contributed by atoms with Crippen molar-refractivity contribution in [1.29, 1.82) is 0 Å². The van der Waals surface area contributed by atoms with Crippen LogP contribution >= 0.6 is 0 Å². The van der Waals surface area contributed by atoms with Gasteiger partial charge in [0.2, 0.25) is 0 Å². The fourth-order valence-electron chi connectivity index (χ4n) is 1.01. The van der Waals surface area contributed by atoms with Gasteiger partial charge in [-0.3, -0.25) is 5.10 Å². The lowest BCUT2D eigenvalue weighted by atomic mass is 10.3. The number of rotatable bonds is 0. The zero-order valence-electron chi connectivity index (χ0n) is 10.00. The second kappa shape index (κ2) is 6.81. The molecule has 2 aromatic rings. The second-order valence-electron chi connectivity index (χ2n) is 2.41. The Morgan fingerprint density at radius 2 is 1.80 bits per heavy atom. The van der Waals surface area contributed by atoms with E-state index in [1.165, 1.54) is 6.20 Å². The molecule has 0 fully saturated rings. The molecule has 0 saturated carbocycles. The highest BCUT2D eigenvalue weighted by atomic mass is 16.3. The van der Waals surface area contributed by atoms with Gasteiger partial charge in [-0.15, -0.1) is 0 Å². The molecule has 0 bridgehead atoms. The topological polar surface area (TPSA) is 61.8 Å². The van der Waals surface area contributed by atoms with Gasteiger partial charge in [0.15, 0.2) is 5.65 Å². The van der Waals surface area contributed by atoms with Gasteiger partial charge in [0.25, 0.3) is 0 Å². The van der Waals surface area contributed by atoms with Crippen molar-refractivity contribution in [3.05, 3.63) is 18.0 Å². The Balaban J connectivity index is 0.000000442. The molecule has 0 aliphatic rings. The number of fused-ring (bicyclic) bond motifs is 1. The Kier molecular flexibility index (Phi) is 6.09. The van der Waals surface area contributed by atoms with Crippen molar-refractivity contribution in [2.24, 2.45) is 0 Å². The number of aromatic hydroxyl groups is 1. The quantitative estimate of drug-likeness (QED) is 0.701. The molecular weight excluding hydrogens is 190 g/mol. The molecule has 2 N–H and O–H groups in total. The standard InChI is InChI=1S/C7H7N3O.2C2H6/c1-4-6-2-5(11)3-8-7(6)10-9-4;2*1-2/h2-3,11H,1H3,(H,8,9,10);2*1-2H3. The third-order valence-electron chi connectivity index (χ3n) is 1.59. The zero-order chi connectivity index (χ0) is 11.8. The summed E-state index contributed by atoms with van der Waals surface area (Å²) in [5.41, 5.74) is 1.56. The number of nitrogens with one attached hydrogen (secondary N) is 1. The number of pyridine rings is 1. The molecule has 0 saturated heterocycles. The number of hydrogen-bond donors (Lipinski definition) is 2. The minimum Gasteiger partial charge on any atom is -0.506 e. The summed E-state index contributed by atoms with van der Waals surface area (Å²) in [6.45, 7) is 9.89. The summed E-state index contributed by atoms with van der Waals surface area (Å²) in [6, 6.07) is 1.64. The maximum absolute atomic E-state index is 9.07. The van der Waals surface area contributed by atoms with Crippen LogP contribution in [0.5, 0.6) is 5.75 Å². The Bertz CT molecular complexity index is 396. The van der Waals surface area contributed by atoms with Gasteiger partial charge < -0.3 is 5.11 Å². The van der Waals surface area contributed by atoms with Gasteiger partial charge in [-0.2, -0.15) is 5.10 Å². The molecular formula is C11H19N3O. The Morgan fingerprint density at radius 3 is 2.40 bits per heavy atom.